The second kappa shape index (κ2) is 10.1. The van der Waals surface area contributed by atoms with Gasteiger partial charge in [0.15, 0.2) is 15.6 Å². The maximum absolute atomic E-state index is 12.8. The lowest BCUT2D eigenvalue weighted by Crippen LogP contribution is -2.22. The summed E-state index contributed by atoms with van der Waals surface area (Å²) in [6.45, 7) is 0.217. The Balaban J connectivity index is 1.33. The molecule has 0 atom stereocenters. The number of benzene rings is 3. The van der Waals surface area contributed by atoms with Gasteiger partial charge in [0.25, 0.3) is 5.91 Å². The van der Waals surface area contributed by atoms with Crippen molar-refractivity contribution in [3.8, 4) is 16.9 Å². The Bertz CT molecular complexity index is 1580. The highest BCUT2D eigenvalue weighted by Crippen LogP contribution is 2.24. The van der Waals surface area contributed by atoms with Crippen LogP contribution in [0, 0.1) is 0 Å². The van der Waals surface area contributed by atoms with Gasteiger partial charge >= 0.3 is 0 Å². The highest BCUT2D eigenvalue weighted by atomic mass is 32.2. The average molecular weight is 498 g/mol. The summed E-state index contributed by atoms with van der Waals surface area (Å²) in [5.41, 5.74) is 3.43. The molecule has 0 aliphatic carbocycles. The molecular weight excluding hydrogens is 474 g/mol. The molecule has 0 fully saturated rings. The molecular formula is C28H23N3O4S. The van der Waals surface area contributed by atoms with Crippen LogP contribution in [-0.4, -0.2) is 24.1 Å². The number of para-hydroxylation sites is 1. The topological polar surface area (TPSA) is 94.2 Å². The number of amides is 1. The zero-order valence-corrected chi connectivity index (χ0v) is 20.1. The quantitative estimate of drug-likeness (QED) is 0.324. The fraction of sp³-hybridized carbons (Fsp3) is 0.0714. The van der Waals surface area contributed by atoms with E-state index in [1.807, 2.05) is 66.9 Å². The van der Waals surface area contributed by atoms with Crippen molar-refractivity contribution in [1.29, 1.82) is 0 Å². The van der Waals surface area contributed by atoms with Crippen LogP contribution in [0.1, 0.15) is 21.9 Å². The zero-order valence-electron chi connectivity index (χ0n) is 19.2. The molecule has 0 spiro atoms. The van der Waals surface area contributed by atoms with Crippen molar-refractivity contribution < 1.29 is 17.6 Å². The first kappa shape index (κ1) is 23.3. The summed E-state index contributed by atoms with van der Waals surface area (Å²) in [7, 11) is -3.58. The van der Waals surface area contributed by atoms with Crippen molar-refractivity contribution in [3.63, 3.8) is 0 Å². The number of aromatic nitrogens is 2. The van der Waals surface area contributed by atoms with Crippen molar-refractivity contribution >= 4 is 15.7 Å². The number of sulfone groups is 1. The number of hydrogen-bond donors (Lipinski definition) is 1. The Morgan fingerprint density at radius 2 is 1.47 bits per heavy atom. The lowest BCUT2D eigenvalue weighted by molar-refractivity contribution is 0.0921. The third-order valence-corrected chi connectivity index (χ3v) is 7.27. The lowest BCUT2D eigenvalue weighted by Gasteiger charge is -2.05. The number of carbonyl (C=O) groups excluding carboxylic acids is 1. The van der Waals surface area contributed by atoms with E-state index < -0.39 is 15.7 Å². The van der Waals surface area contributed by atoms with E-state index in [1.165, 1.54) is 24.3 Å². The molecule has 1 N–H and O–H groups in total. The minimum atomic E-state index is -3.58. The summed E-state index contributed by atoms with van der Waals surface area (Å²) in [5, 5.41) is 7.61. The van der Waals surface area contributed by atoms with E-state index >= 15 is 0 Å². The highest BCUT2D eigenvalue weighted by molar-refractivity contribution is 7.90. The molecule has 0 aliphatic rings. The van der Waals surface area contributed by atoms with Crippen LogP contribution in [0.2, 0.25) is 0 Å². The van der Waals surface area contributed by atoms with E-state index in [9.17, 15) is 13.2 Å². The van der Waals surface area contributed by atoms with E-state index in [-0.39, 0.29) is 28.7 Å². The van der Waals surface area contributed by atoms with Crippen LogP contribution in [0.25, 0.3) is 16.9 Å². The predicted molar refractivity (Wildman–Crippen MR) is 136 cm³/mol. The van der Waals surface area contributed by atoms with Gasteiger partial charge < -0.3 is 9.73 Å². The first-order valence-electron chi connectivity index (χ1n) is 11.3. The van der Waals surface area contributed by atoms with E-state index in [0.29, 0.717) is 0 Å². The number of nitrogens with zero attached hydrogens (tertiary/aromatic N) is 2. The van der Waals surface area contributed by atoms with E-state index in [1.54, 1.807) is 22.9 Å². The molecule has 0 saturated carbocycles. The van der Waals surface area contributed by atoms with Gasteiger partial charge in [-0.3, -0.25) is 4.79 Å². The van der Waals surface area contributed by atoms with Crippen molar-refractivity contribution in [1.82, 2.24) is 15.1 Å². The molecule has 0 bridgehead atoms. The van der Waals surface area contributed by atoms with E-state index in [2.05, 4.69) is 5.32 Å². The molecule has 8 heteroatoms. The number of carbonyl (C=O) groups is 1. The van der Waals surface area contributed by atoms with Crippen LogP contribution in [0.3, 0.4) is 0 Å². The van der Waals surface area contributed by atoms with Crippen LogP contribution in [0.5, 0.6) is 0 Å². The summed E-state index contributed by atoms with van der Waals surface area (Å²) in [5.74, 6) is -0.521. The summed E-state index contributed by atoms with van der Waals surface area (Å²) >= 11 is 0. The standard InChI is InChI=1S/C28H23N3O4S/c32-28(26-17-16-24(35-26)20-36(33,34)25-14-8-3-9-15-25)29-18-22-19-31(23-12-6-2-7-13-23)30-27(22)21-10-4-1-5-11-21/h1-17,19H,18,20H2,(H,29,32). The van der Waals surface area contributed by atoms with Gasteiger partial charge in [0.2, 0.25) is 0 Å². The maximum Gasteiger partial charge on any atom is 0.287 e. The Kier molecular flexibility index (Phi) is 6.51. The predicted octanol–water partition coefficient (Wildman–Crippen LogP) is 5.04. The molecule has 180 valence electrons. The Labute approximate surface area is 208 Å². The third kappa shape index (κ3) is 5.13. The largest absolute Gasteiger partial charge is 0.455 e. The first-order valence-corrected chi connectivity index (χ1v) is 13.0. The molecule has 5 rings (SSSR count). The molecule has 0 radical (unpaired) electrons. The molecule has 5 aromatic rings. The van der Waals surface area contributed by atoms with Gasteiger partial charge in [-0.25, -0.2) is 13.1 Å². The highest BCUT2D eigenvalue weighted by Gasteiger charge is 2.20. The number of furan rings is 1. The van der Waals surface area contributed by atoms with Crippen molar-refractivity contribution in [2.45, 2.75) is 17.2 Å². The Morgan fingerprint density at radius 3 is 2.17 bits per heavy atom. The van der Waals surface area contributed by atoms with Crippen LogP contribution in [0.15, 0.2) is 119 Å². The van der Waals surface area contributed by atoms with Gasteiger partial charge in [-0.05, 0) is 36.4 Å². The monoisotopic (exact) mass is 497 g/mol. The van der Waals surface area contributed by atoms with Crippen LogP contribution >= 0.6 is 0 Å². The van der Waals surface area contributed by atoms with Gasteiger partial charge in [0, 0.05) is 23.9 Å². The summed E-state index contributed by atoms with van der Waals surface area (Å²) < 4.78 is 32.6. The molecule has 3 aromatic carbocycles. The zero-order chi connectivity index (χ0) is 25.0. The SMILES string of the molecule is O=C(NCc1cn(-c2ccccc2)nc1-c1ccccc1)c1ccc(CS(=O)(=O)c2ccccc2)o1. The number of nitrogens with one attached hydrogen (secondary N) is 1. The van der Waals surface area contributed by atoms with Crippen LogP contribution < -0.4 is 5.32 Å². The second-order valence-electron chi connectivity index (χ2n) is 8.17. The van der Waals surface area contributed by atoms with E-state index in [0.717, 1.165) is 22.5 Å². The fourth-order valence-corrected chi connectivity index (χ4v) is 5.10. The molecule has 0 saturated heterocycles. The minimum Gasteiger partial charge on any atom is -0.455 e. The molecule has 0 unspecified atom stereocenters. The first-order chi connectivity index (χ1) is 17.5. The summed E-state index contributed by atoms with van der Waals surface area (Å²) in [4.78, 5) is 13.0. The number of rotatable bonds is 8. The molecule has 1 amide bonds. The Hall–Kier alpha value is -4.43. The molecule has 7 nitrogen and oxygen atoms in total. The van der Waals surface area contributed by atoms with Gasteiger partial charge in [-0.1, -0.05) is 66.7 Å². The molecule has 2 heterocycles. The van der Waals surface area contributed by atoms with E-state index in [4.69, 9.17) is 9.52 Å². The van der Waals surface area contributed by atoms with Crippen molar-refractivity contribution in [3.05, 3.63) is 126 Å². The van der Waals surface area contributed by atoms with Gasteiger partial charge in [0.1, 0.15) is 11.5 Å². The molecule has 36 heavy (non-hydrogen) atoms. The van der Waals surface area contributed by atoms with Crippen LogP contribution in [-0.2, 0) is 22.1 Å². The molecule has 0 aliphatic heterocycles. The van der Waals surface area contributed by atoms with Crippen LogP contribution in [0.4, 0.5) is 0 Å². The average Bonchev–Trinajstić information content (AvgIpc) is 3.56. The summed E-state index contributed by atoms with van der Waals surface area (Å²) in [6, 6.07) is 30.6. The molecule has 2 aromatic heterocycles. The lowest BCUT2D eigenvalue weighted by atomic mass is 10.1. The minimum absolute atomic E-state index is 0.0463. The van der Waals surface area contributed by atoms with Gasteiger partial charge in [-0.15, -0.1) is 0 Å². The number of hydrogen-bond acceptors (Lipinski definition) is 5. The second-order valence-corrected chi connectivity index (χ2v) is 10.2. The van der Waals surface area contributed by atoms with Gasteiger partial charge in [-0.2, -0.15) is 5.10 Å². The normalized spacial score (nSPS) is 11.3. The summed E-state index contributed by atoms with van der Waals surface area (Å²) in [6.07, 6.45) is 1.89. The third-order valence-electron chi connectivity index (χ3n) is 5.62. The van der Waals surface area contributed by atoms with Gasteiger partial charge in [0.05, 0.1) is 16.3 Å². The van der Waals surface area contributed by atoms with Crippen molar-refractivity contribution in [2.24, 2.45) is 0 Å². The smallest absolute Gasteiger partial charge is 0.287 e. The Morgan fingerprint density at radius 1 is 0.833 bits per heavy atom. The maximum atomic E-state index is 12.8. The fourth-order valence-electron chi connectivity index (χ4n) is 3.83. The van der Waals surface area contributed by atoms with Crippen molar-refractivity contribution in [2.75, 3.05) is 0 Å².